The molecule has 1 fully saturated rings. The minimum atomic E-state index is 0.278. The Morgan fingerprint density at radius 1 is 1.12 bits per heavy atom. The van der Waals surface area contributed by atoms with E-state index < -0.39 is 0 Å². The predicted molar refractivity (Wildman–Crippen MR) is 125 cm³/mol. The molecule has 0 unspecified atom stereocenters. The van der Waals surface area contributed by atoms with Crippen molar-refractivity contribution in [1.82, 2.24) is 24.6 Å². The Labute approximate surface area is 189 Å². The molecule has 2 aliphatic rings. The number of hydrogen-bond donors (Lipinski definition) is 2. The third-order valence-electron chi connectivity index (χ3n) is 6.30. The van der Waals surface area contributed by atoms with Crippen molar-refractivity contribution >= 4 is 33.7 Å². The highest BCUT2D eigenvalue weighted by Gasteiger charge is 2.30. The van der Waals surface area contributed by atoms with Gasteiger partial charge in [0.1, 0.15) is 12.4 Å². The SMILES string of the molecule is c1cn2cc(-c3ccc4cn[nH]c4c3)nc(Nc3ccc4c(c3)OC[C@H]3COCCN43)c2n1. The van der Waals surface area contributed by atoms with Gasteiger partial charge in [0.2, 0.25) is 0 Å². The Hall–Kier alpha value is -4.11. The second-order valence-corrected chi connectivity index (χ2v) is 8.35. The van der Waals surface area contributed by atoms with Gasteiger partial charge in [0.15, 0.2) is 11.5 Å². The average Bonchev–Trinajstić information content (AvgIpc) is 3.53. The van der Waals surface area contributed by atoms with Crippen LogP contribution in [0.3, 0.4) is 0 Å². The molecule has 1 atom stereocenters. The third kappa shape index (κ3) is 3.08. The van der Waals surface area contributed by atoms with E-state index in [0.29, 0.717) is 19.0 Å². The number of H-pyrrole nitrogens is 1. The van der Waals surface area contributed by atoms with Crippen LogP contribution in [0.5, 0.6) is 5.75 Å². The molecule has 7 rings (SSSR count). The number of fused-ring (bicyclic) bond motifs is 5. The van der Waals surface area contributed by atoms with Crippen molar-refractivity contribution in [2.24, 2.45) is 0 Å². The van der Waals surface area contributed by atoms with E-state index in [2.05, 4.69) is 49.7 Å². The van der Waals surface area contributed by atoms with E-state index in [1.807, 2.05) is 35.1 Å². The van der Waals surface area contributed by atoms with Crippen LogP contribution in [-0.2, 0) is 4.74 Å². The number of aromatic nitrogens is 5. The van der Waals surface area contributed by atoms with Crippen LogP contribution in [0, 0.1) is 0 Å². The fourth-order valence-electron chi connectivity index (χ4n) is 4.63. The fourth-order valence-corrected chi connectivity index (χ4v) is 4.63. The van der Waals surface area contributed by atoms with Crippen LogP contribution < -0.4 is 15.0 Å². The summed E-state index contributed by atoms with van der Waals surface area (Å²) < 4.78 is 13.6. The minimum Gasteiger partial charge on any atom is -0.489 e. The highest BCUT2D eigenvalue weighted by atomic mass is 16.5. The highest BCUT2D eigenvalue weighted by molar-refractivity contribution is 5.84. The van der Waals surface area contributed by atoms with Crippen LogP contribution in [0.25, 0.3) is 27.8 Å². The maximum Gasteiger partial charge on any atom is 0.180 e. The molecule has 9 nitrogen and oxygen atoms in total. The van der Waals surface area contributed by atoms with Crippen molar-refractivity contribution in [2.45, 2.75) is 6.04 Å². The number of benzene rings is 2. The minimum absolute atomic E-state index is 0.278. The zero-order valence-corrected chi connectivity index (χ0v) is 17.7. The molecule has 2 aromatic carbocycles. The van der Waals surface area contributed by atoms with Crippen LogP contribution in [0.4, 0.5) is 17.2 Å². The van der Waals surface area contributed by atoms with Crippen LogP contribution >= 0.6 is 0 Å². The molecule has 3 aromatic heterocycles. The number of nitrogens with zero attached hydrogens (tertiary/aromatic N) is 5. The van der Waals surface area contributed by atoms with Gasteiger partial charge in [-0.3, -0.25) is 5.10 Å². The molecule has 0 spiro atoms. The normalized spacial score (nSPS) is 17.6. The van der Waals surface area contributed by atoms with Crippen molar-refractivity contribution in [1.29, 1.82) is 0 Å². The molecule has 0 aliphatic carbocycles. The molecular formula is C24H21N7O2. The van der Waals surface area contributed by atoms with Crippen LogP contribution in [-0.4, -0.2) is 57.0 Å². The van der Waals surface area contributed by atoms with E-state index in [1.54, 1.807) is 6.20 Å². The van der Waals surface area contributed by atoms with Gasteiger partial charge in [-0.05, 0) is 18.2 Å². The fraction of sp³-hybridized carbons (Fsp3) is 0.208. The molecule has 5 aromatic rings. The molecule has 1 saturated heterocycles. The summed E-state index contributed by atoms with van der Waals surface area (Å²) in [6.07, 6.45) is 7.50. The number of morpholine rings is 1. The van der Waals surface area contributed by atoms with E-state index in [-0.39, 0.29) is 6.04 Å². The smallest absolute Gasteiger partial charge is 0.180 e. The van der Waals surface area contributed by atoms with Gasteiger partial charge in [-0.2, -0.15) is 5.10 Å². The standard InChI is InChI=1S/C24H21N7O2/c1-2-16-11-26-29-19(16)9-15(1)20-12-30-6-5-25-24(30)23(28-20)27-17-3-4-21-22(10-17)33-14-18-13-32-8-7-31(18)21/h1-6,9-12,18H,7-8,13-14H2,(H,26,29)(H,27,28)/t18-/m1/s1. The molecule has 0 bridgehead atoms. The van der Waals surface area contributed by atoms with Crippen LogP contribution in [0.2, 0.25) is 0 Å². The first-order valence-electron chi connectivity index (χ1n) is 11.0. The third-order valence-corrected chi connectivity index (χ3v) is 6.30. The number of ether oxygens (including phenoxy) is 2. The van der Waals surface area contributed by atoms with Crippen molar-refractivity contribution in [3.05, 3.63) is 61.2 Å². The molecule has 0 amide bonds. The summed E-state index contributed by atoms with van der Waals surface area (Å²) in [5.74, 6) is 1.56. The number of nitrogens with one attached hydrogen (secondary N) is 2. The zero-order valence-electron chi connectivity index (χ0n) is 17.7. The first kappa shape index (κ1) is 18.5. The van der Waals surface area contributed by atoms with Gasteiger partial charge >= 0.3 is 0 Å². The number of anilines is 3. The van der Waals surface area contributed by atoms with E-state index in [9.17, 15) is 0 Å². The Kier molecular flexibility index (Phi) is 4.03. The number of rotatable bonds is 3. The monoisotopic (exact) mass is 439 g/mol. The molecule has 5 heterocycles. The molecule has 2 N–H and O–H groups in total. The van der Waals surface area contributed by atoms with Gasteiger partial charge in [0, 0.05) is 47.8 Å². The van der Waals surface area contributed by atoms with Gasteiger partial charge in [0.05, 0.1) is 42.4 Å². The van der Waals surface area contributed by atoms with Crippen LogP contribution in [0.15, 0.2) is 61.2 Å². The Balaban J connectivity index is 1.26. The topological polar surface area (TPSA) is 92.6 Å². The van der Waals surface area contributed by atoms with E-state index in [0.717, 1.165) is 58.1 Å². The highest BCUT2D eigenvalue weighted by Crippen LogP contribution is 2.38. The number of imidazole rings is 1. The van der Waals surface area contributed by atoms with Gasteiger partial charge in [-0.1, -0.05) is 12.1 Å². The summed E-state index contributed by atoms with van der Waals surface area (Å²) >= 11 is 0. The number of aromatic amines is 1. The Morgan fingerprint density at radius 3 is 3.12 bits per heavy atom. The van der Waals surface area contributed by atoms with E-state index in [1.165, 1.54) is 0 Å². The zero-order chi connectivity index (χ0) is 21.8. The summed E-state index contributed by atoms with van der Waals surface area (Å²) in [6.45, 7) is 2.96. The second kappa shape index (κ2) is 7.21. The molecule has 9 heteroatoms. The summed E-state index contributed by atoms with van der Waals surface area (Å²) in [4.78, 5) is 11.8. The van der Waals surface area contributed by atoms with E-state index >= 15 is 0 Å². The summed E-state index contributed by atoms with van der Waals surface area (Å²) in [5.41, 5.74) is 5.58. The molecule has 0 radical (unpaired) electrons. The summed E-state index contributed by atoms with van der Waals surface area (Å²) in [7, 11) is 0. The lowest BCUT2D eigenvalue weighted by Gasteiger charge is -2.41. The van der Waals surface area contributed by atoms with Crippen molar-refractivity contribution < 1.29 is 9.47 Å². The Bertz CT molecular complexity index is 1490. The van der Waals surface area contributed by atoms with Crippen molar-refractivity contribution in [3.63, 3.8) is 0 Å². The van der Waals surface area contributed by atoms with Gasteiger partial charge in [-0.15, -0.1) is 0 Å². The van der Waals surface area contributed by atoms with Gasteiger partial charge in [-0.25, -0.2) is 9.97 Å². The maximum absolute atomic E-state index is 6.06. The first-order valence-corrected chi connectivity index (χ1v) is 11.0. The average molecular weight is 439 g/mol. The molecule has 2 aliphatic heterocycles. The predicted octanol–water partition coefficient (Wildman–Crippen LogP) is 3.61. The van der Waals surface area contributed by atoms with Crippen LogP contribution in [0.1, 0.15) is 0 Å². The molecule has 0 saturated carbocycles. The molecule has 33 heavy (non-hydrogen) atoms. The largest absolute Gasteiger partial charge is 0.489 e. The van der Waals surface area contributed by atoms with E-state index in [4.69, 9.17) is 14.5 Å². The van der Waals surface area contributed by atoms with Crippen molar-refractivity contribution in [2.75, 3.05) is 36.6 Å². The number of hydrogen-bond acceptors (Lipinski definition) is 7. The lowest BCUT2D eigenvalue weighted by atomic mass is 10.1. The maximum atomic E-state index is 6.06. The quantitative estimate of drug-likeness (QED) is 0.444. The lowest BCUT2D eigenvalue weighted by Crippen LogP contribution is -2.51. The lowest BCUT2D eigenvalue weighted by molar-refractivity contribution is 0.0705. The molecule has 164 valence electrons. The molecular weight excluding hydrogens is 418 g/mol. The van der Waals surface area contributed by atoms with Gasteiger partial charge in [0.25, 0.3) is 0 Å². The van der Waals surface area contributed by atoms with Gasteiger partial charge < -0.3 is 24.1 Å². The van der Waals surface area contributed by atoms with Crippen molar-refractivity contribution in [3.8, 4) is 17.0 Å². The summed E-state index contributed by atoms with van der Waals surface area (Å²) in [6, 6.07) is 12.6. The summed E-state index contributed by atoms with van der Waals surface area (Å²) in [5, 5.41) is 11.7. The first-order chi connectivity index (χ1) is 16.3. The Morgan fingerprint density at radius 2 is 2.12 bits per heavy atom. The second-order valence-electron chi connectivity index (χ2n) is 8.35.